The number of hydrogen-bond donors (Lipinski definition) is 1. The fraction of sp³-hybridized carbons (Fsp3) is 0.588. The Morgan fingerprint density at radius 1 is 1.41 bits per heavy atom. The molecule has 0 spiro atoms. The molecule has 0 saturated heterocycles. The SMILES string of the molecule is COCCOc1ccc2c(c1)C(CCC(N)=O)CC(C)(C)O2. The Morgan fingerprint density at radius 2 is 2.18 bits per heavy atom. The van der Waals surface area contributed by atoms with Crippen LogP contribution in [-0.2, 0) is 9.53 Å². The summed E-state index contributed by atoms with van der Waals surface area (Å²) < 4.78 is 16.7. The van der Waals surface area contributed by atoms with Crippen LogP contribution in [0.4, 0.5) is 0 Å². The van der Waals surface area contributed by atoms with Crippen LogP contribution in [0.1, 0.15) is 44.6 Å². The molecule has 0 aliphatic carbocycles. The fourth-order valence-corrected chi connectivity index (χ4v) is 2.89. The summed E-state index contributed by atoms with van der Waals surface area (Å²) in [6, 6.07) is 5.85. The van der Waals surface area contributed by atoms with Gasteiger partial charge in [-0.2, -0.15) is 0 Å². The van der Waals surface area contributed by atoms with Gasteiger partial charge in [0.15, 0.2) is 0 Å². The van der Waals surface area contributed by atoms with Crippen molar-refractivity contribution < 1.29 is 19.0 Å². The molecule has 1 aliphatic heterocycles. The third kappa shape index (κ3) is 4.37. The highest BCUT2D eigenvalue weighted by molar-refractivity contribution is 5.73. The highest BCUT2D eigenvalue weighted by Gasteiger charge is 2.33. The zero-order chi connectivity index (χ0) is 16.2. The van der Waals surface area contributed by atoms with Crippen LogP contribution in [0.3, 0.4) is 0 Å². The normalized spacial score (nSPS) is 19.1. The zero-order valence-electron chi connectivity index (χ0n) is 13.6. The van der Waals surface area contributed by atoms with Crippen LogP contribution in [0.15, 0.2) is 18.2 Å². The Morgan fingerprint density at radius 3 is 2.86 bits per heavy atom. The van der Waals surface area contributed by atoms with Gasteiger partial charge in [-0.15, -0.1) is 0 Å². The number of methoxy groups -OCH3 is 1. The van der Waals surface area contributed by atoms with Crippen molar-refractivity contribution >= 4 is 5.91 Å². The minimum atomic E-state index is -0.265. The predicted molar refractivity (Wildman–Crippen MR) is 84.3 cm³/mol. The average Bonchev–Trinajstić information content (AvgIpc) is 2.44. The van der Waals surface area contributed by atoms with Gasteiger partial charge in [-0.05, 0) is 50.8 Å². The molecule has 1 aromatic rings. The average molecular weight is 307 g/mol. The summed E-state index contributed by atoms with van der Waals surface area (Å²) in [4.78, 5) is 11.1. The lowest BCUT2D eigenvalue weighted by molar-refractivity contribution is -0.118. The van der Waals surface area contributed by atoms with E-state index in [1.165, 1.54) is 0 Å². The molecule has 1 atom stereocenters. The number of fused-ring (bicyclic) bond motifs is 1. The lowest BCUT2D eigenvalue weighted by atomic mass is 9.81. The first-order chi connectivity index (χ1) is 10.4. The van der Waals surface area contributed by atoms with E-state index in [0.29, 0.717) is 19.6 Å². The molecule has 0 saturated carbocycles. The van der Waals surface area contributed by atoms with Crippen molar-refractivity contribution in [2.45, 2.75) is 44.6 Å². The molecule has 0 fully saturated rings. The molecular formula is C17H25NO4. The van der Waals surface area contributed by atoms with Gasteiger partial charge >= 0.3 is 0 Å². The minimum absolute atomic E-state index is 0.242. The van der Waals surface area contributed by atoms with Crippen molar-refractivity contribution in [1.29, 1.82) is 0 Å². The van der Waals surface area contributed by atoms with Gasteiger partial charge in [-0.3, -0.25) is 4.79 Å². The monoisotopic (exact) mass is 307 g/mol. The van der Waals surface area contributed by atoms with Crippen LogP contribution < -0.4 is 15.2 Å². The summed E-state index contributed by atoms with van der Waals surface area (Å²) in [6.07, 6.45) is 1.97. The molecule has 1 aromatic carbocycles. The lowest BCUT2D eigenvalue weighted by Crippen LogP contribution is -2.35. The van der Waals surface area contributed by atoms with Crippen molar-refractivity contribution in [1.82, 2.24) is 0 Å². The largest absolute Gasteiger partial charge is 0.491 e. The summed E-state index contributed by atoms with van der Waals surface area (Å²) >= 11 is 0. The first-order valence-corrected chi connectivity index (χ1v) is 7.64. The second-order valence-corrected chi connectivity index (χ2v) is 6.31. The van der Waals surface area contributed by atoms with Crippen LogP contribution in [0.25, 0.3) is 0 Å². The Kier molecular flexibility index (Phi) is 5.29. The summed E-state index contributed by atoms with van der Waals surface area (Å²) in [5.74, 6) is 1.64. The van der Waals surface area contributed by atoms with Gasteiger partial charge in [0.05, 0.1) is 6.61 Å². The maximum absolute atomic E-state index is 11.1. The third-order valence-corrected chi connectivity index (χ3v) is 3.84. The van der Waals surface area contributed by atoms with E-state index in [1.54, 1.807) is 7.11 Å². The topological polar surface area (TPSA) is 70.8 Å². The first kappa shape index (κ1) is 16.6. The van der Waals surface area contributed by atoms with Crippen LogP contribution in [0.5, 0.6) is 11.5 Å². The van der Waals surface area contributed by atoms with Crippen LogP contribution >= 0.6 is 0 Å². The lowest BCUT2D eigenvalue weighted by Gasteiger charge is -2.37. The number of benzene rings is 1. The molecule has 0 bridgehead atoms. The van der Waals surface area contributed by atoms with Crippen LogP contribution in [0, 0.1) is 0 Å². The highest BCUT2D eigenvalue weighted by atomic mass is 16.5. The molecule has 1 unspecified atom stereocenters. The molecule has 0 radical (unpaired) electrons. The van der Waals surface area contributed by atoms with Crippen LogP contribution in [-0.4, -0.2) is 31.8 Å². The predicted octanol–water partition coefficient (Wildman–Crippen LogP) is 2.62. The number of amides is 1. The summed E-state index contributed by atoms with van der Waals surface area (Å²) in [5.41, 5.74) is 6.15. The van der Waals surface area contributed by atoms with Gasteiger partial charge < -0.3 is 19.9 Å². The molecule has 122 valence electrons. The smallest absolute Gasteiger partial charge is 0.217 e. The van der Waals surface area contributed by atoms with Gasteiger partial charge in [0.1, 0.15) is 23.7 Å². The van der Waals surface area contributed by atoms with E-state index in [1.807, 2.05) is 18.2 Å². The van der Waals surface area contributed by atoms with Crippen molar-refractivity contribution in [3.8, 4) is 11.5 Å². The minimum Gasteiger partial charge on any atom is -0.491 e. The second-order valence-electron chi connectivity index (χ2n) is 6.31. The molecular weight excluding hydrogens is 282 g/mol. The number of rotatable bonds is 7. The van der Waals surface area contributed by atoms with Crippen molar-refractivity contribution in [2.75, 3.05) is 20.3 Å². The Balaban J connectivity index is 2.18. The second kappa shape index (κ2) is 7.01. The molecule has 1 aliphatic rings. The fourth-order valence-electron chi connectivity index (χ4n) is 2.89. The molecule has 5 nitrogen and oxygen atoms in total. The van der Waals surface area contributed by atoms with Gasteiger partial charge in [0, 0.05) is 19.1 Å². The first-order valence-electron chi connectivity index (χ1n) is 7.64. The zero-order valence-corrected chi connectivity index (χ0v) is 13.6. The van der Waals surface area contributed by atoms with Gasteiger partial charge in [-0.25, -0.2) is 0 Å². The number of nitrogens with two attached hydrogens (primary N) is 1. The number of hydrogen-bond acceptors (Lipinski definition) is 4. The Labute approximate surface area is 131 Å². The quantitative estimate of drug-likeness (QED) is 0.786. The van der Waals surface area contributed by atoms with Gasteiger partial charge in [0.25, 0.3) is 0 Å². The Bertz CT molecular complexity index is 527. The molecule has 1 amide bonds. The molecule has 0 aromatic heterocycles. The molecule has 5 heteroatoms. The van der Waals surface area contributed by atoms with Crippen molar-refractivity contribution in [3.05, 3.63) is 23.8 Å². The Hall–Kier alpha value is -1.75. The summed E-state index contributed by atoms with van der Waals surface area (Å²) in [7, 11) is 1.64. The maximum atomic E-state index is 11.1. The number of ether oxygens (including phenoxy) is 3. The van der Waals surface area contributed by atoms with E-state index in [0.717, 1.165) is 29.9 Å². The van der Waals surface area contributed by atoms with Crippen LogP contribution in [0.2, 0.25) is 0 Å². The van der Waals surface area contributed by atoms with E-state index in [-0.39, 0.29) is 17.4 Å². The number of primary amides is 1. The third-order valence-electron chi connectivity index (χ3n) is 3.84. The molecule has 22 heavy (non-hydrogen) atoms. The van der Waals surface area contributed by atoms with Gasteiger partial charge in [0.2, 0.25) is 5.91 Å². The van der Waals surface area contributed by atoms with E-state index in [9.17, 15) is 4.79 Å². The van der Waals surface area contributed by atoms with Crippen molar-refractivity contribution in [3.63, 3.8) is 0 Å². The highest BCUT2D eigenvalue weighted by Crippen LogP contribution is 2.44. The van der Waals surface area contributed by atoms with E-state index >= 15 is 0 Å². The van der Waals surface area contributed by atoms with E-state index in [4.69, 9.17) is 19.9 Å². The van der Waals surface area contributed by atoms with E-state index in [2.05, 4.69) is 13.8 Å². The molecule has 1 heterocycles. The molecule has 2 N–H and O–H groups in total. The maximum Gasteiger partial charge on any atom is 0.217 e. The molecule has 2 rings (SSSR count). The summed E-state index contributed by atoms with van der Waals surface area (Å²) in [6.45, 7) is 5.19. The van der Waals surface area contributed by atoms with Crippen molar-refractivity contribution in [2.24, 2.45) is 5.73 Å². The van der Waals surface area contributed by atoms with E-state index < -0.39 is 0 Å². The summed E-state index contributed by atoms with van der Waals surface area (Å²) in [5, 5.41) is 0. The number of carbonyl (C=O) groups is 1. The number of carbonyl (C=O) groups excluding carboxylic acids is 1. The standard InChI is InChI=1S/C17H25NO4/c1-17(2)11-12(4-7-16(18)19)14-10-13(21-9-8-20-3)5-6-15(14)22-17/h5-6,10,12H,4,7-9,11H2,1-3H3,(H2,18,19). The van der Waals surface area contributed by atoms with Gasteiger partial charge in [-0.1, -0.05) is 0 Å².